The van der Waals surface area contributed by atoms with Crippen molar-refractivity contribution in [3.05, 3.63) is 28.5 Å². The van der Waals surface area contributed by atoms with Gasteiger partial charge in [-0.3, -0.25) is 0 Å². The average Bonchev–Trinajstić information content (AvgIpc) is 3.01. The maximum absolute atomic E-state index is 13.8. The molecule has 4 heteroatoms. The molecule has 1 saturated carbocycles. The van der Waals surface area contributed by atoms with Gasteiger partial charge in [0.1, 0.15) is 0 Å². The highest BCUT2D eigenvalue weighted by molar-refractivity contribution is 6.31. The summed E-state index contributed by atoms with van der Waals surface area (Å²) in [6.45, 7) is 0. The zero-order valence-corrected chi connectivity index (χ0v) is 9.09. The zero-order chi connectivity index (χ0) is 11.0. The highest BCUT2D eigenvalue weighted by atomic mass is 35.5. The van der Waals surface area contributed by atoms with Crippen molar-refractivity contribution in [1.82, 2.24) is 0 Å². The Bertz CT molecular complexity index is 377. The van der Waals surface area contributed by atoms with Gasteiger partial charge in [-0.2, -0.15) is 0 Å². The number of hydrogen-bond donors (Lipinski definition) is 1. The van der Waals surface area contributed by atoms with E-state index in [9.17, 15) is 9.50 Å². The molecule has 0 amide bonds. The first kappa shape index (κ1) is 10.7. The van der Waals surface area contributed by atoms with E-state index in [-0.39, 0.29) is 22.3 Å². The summed E-state index contributed by atoms with van der Waals surface area (Å²) in [5.74, 6) is -0.289. The molecule has 1 aromatic rings. The van der Waals surface area contributed by atoms with Crippen molar-refractivity contribution >= 4 is 11.6 Å². The summed E-state index contributed by atoms with van der Waals surface area (Å²) in [7, 11) is 1.39. The summed E-state index contributed by atoms with van der Waals surface area (Å²) in [6, 6.07) is 3.01. The SMILES string of the molecule is COc1ccc(Cl)c(C(O)C2CC2)c1F. The quantitative estimate of drug-likeness (QED) is 0.865. The molecule has 82 valence electrons. The molecule has 1 aliphatic rings. The van der Waals surface area contributed by atoms with E-state index < -0.39 is 11.9 Å². The first-order valence-electron chi connectivity index (χ1n) is 4.85. The predicted molar refractivity (Wildman–Crippen MR) is 55.6 cm³/mol. The third-order valence-corrected chi connectivity index (χ3v) is 3.00. The van der Waals surface area contributed by atoms with Gasteiger partial charge in [-0.15, -0.1) is 0 Å². The van der Waals surface area contributed by atoms with Crippen LogP contribution in [0.4, 0.5) is 4.39 Å². The third-order valence-electron chi connectivity index (χ3n) is 2.68. The molecule has 0 aliphatic heterocycles. The van der Waals surface area contributed by atoms with Crippen molar-refractivity contribution in [2.24, 2.45) is 5.92 Å². The molecule has 1 atom stereocenters. The van der Waals surface area contributed by atoms with E-state index in [1.54, 1.807) is 6.07 Å². The Morgan fingerprint density at radius 1 is 1.53 bits per heavy atom. The van der Waals surface area contributed by atoms with E-state index in [0.29, 0.717) is 0 Å². The van der Waals surface area contributed by atoms with Crippen LogP contribution < -0.4 is 4.74 Å². The van der Waals surface area contributed by atoms with E-state index in [2.05, 4.69) is 0 Å². The maximum Gasteiger partial charge on any atom is 0.172 e. The summed E-state index contributed by atoms with van der Waals surface area (Å²) in [5, 5.41) is 10.1. The number of aliphatic hydroxyl groups is 1. The van der Waals surface area contributed by atoms with Crippen LogP contribution in [0.2, 0.25) is 5.02 Å². The molecule has 1 aromatic carbocycles. The molecule has 0 spiro atoms. The standard InChI is InChI=1S/C11H12ClFO2/c1-15-8-5-4-7(12)9(10(8)13)11(14)6-2-3-6/h4-6,11,14H,2-3H2,1H3. The van der Waals surface area contributed by atoms with Gasteiger partial charge in [-0.25, -0.2) is 4.39 Å². The Kier molecular flexibility index (Phi) is 2.85. The smallest absolute Gasteiger partial charge is 0.172 e. The molecule has 2 rings (SSSR count). The van der Waals surface area contributed by atoms with Crippen LogP contribution in [-0.2, 0) is 0 Å². The predicted octanol–water partition coefficient (Wildman–Crippen LogP) is 2.93. The minimum atomic E-state index is -0.812. The van der Waals surface area contributed by atoms with Crippen molar-refractivity contribution in [2.45, 2.75) is 18.9 Å². The normalized spacial score (nSPS) is 17.6. The highest BCUT2D eigenvalue weighted by Crippen LogP contribution is 2.44. The molecular weight excluding hydrogens is 219 g/mol. The fourth-order valence-electron chi connectivity index (χ4n) is 1.63. The minimum absolute atomic E-state index is 0.120. The number of rotatable bonds is 3. The number of hydrogen-bond acceptors (Lipinski definition) is 2. The van der Waals surface area contributed by atoms with E-state index in [4.69, 9.17) is 16.3 Å². The van der Waals surface area contributed by atoms with Crippen LogP contribution in [0.1, 0.15) is 24.5 Å². The first-order chi connectivity index (χ1) is 7.15. The Morgan fingerprint density at radius 2 is 2.20 bits per heavy atom. The van der Waals surface area contributed by atoms with Crippen LogP contribution in [0.5, 0.6) is 5.75 Å². The number of ether oxygens (including phenoxy) is 1. The van der Waals surface area contributed by atoms with Gasteiger partial charge in [0.2, 0.25) is 0 Å². The molecule has 15 heavy (non-hydrogen) atoms. The molecule has 1 fully saturated rings. The van der Waals surface area contributed by atoms with Gasteiger partial charge >= 0.3 is 0 Å². The Labute approximate surface area is 92.6 Å². The fourth-order valence-corrected chi connectivity index (χ4v) is 1.88. The molecular formula is C11H12ClFO2. The van der Waals surface area contributed by atoms with Gasteiger partial charge in [-0.1, -0.05) is 11.6 Å². The van der Waals surface area contributed by atoms with Crippen molar-refractivity contribution in [1.29, 1.82) is 0 Å². The van der Waals surface area contributed by atoms with Crippen LogP contribution in [-0.4, -0.2) is 12.2 Å². The summed E-state index contributed by atoms with van der Waals surface area (Å²) < 4.78 is 18.6. The molecule has 0 heterocycles. The van der Waals surface area contributed by atoms with Crippen molar-refractivity contribution in [3.8, 4) is 5.75 Å². The van der Waals surface area contributed by atoms with Gasteiger partial charge in [0.05, 0.1) is 13.2 Å². The number of benzene rings is 1. The Balaban J connectivity index is 2.42. The zero-order valence-electron chi connectivity index (χ0n) is 8.34. The summed E-state index contributed by atoms with van der Waals surface area (Å²) >= 11 is 5.87. The number of halogens is 2. The van der Waals surface area contributed by atoms with Crippen LogP contribution in [0.3, 0.4) is 0 Å². The molecule has 1 unspecified atom stereocenters. The highest BCUT2D eigenvalue weighted by Gasteiger charge is 2.34. The molecule has 2 nitrogen and oxygen atoms in total. The monoisotopic (exact) mass is 230 g/mol. The fraction of sp³-hybridized carbons (Fsp3) is 0.455. The largest absolute Gasteiger partial charge is 0.494 e. The average molecular weight is 231 g/mol. The summed E-state index contributed by atoms with van der Waals surface area (Å²) in [6.07, 6.45) is 1.04. The van der Waals surface area contributed by atoms with Crippen molar-refractivity contribution in [2.75, 3.05) is 7.11 Å². The van der Waals surface area contributed by atoms with Crippen LogP contribution in [0.25, 0.3) is 0 Å². The minimum Gasteiger partial charge on any atom is -0.494 e. The van der Waals surface area contributed by atoms with E-state index in [1.165, 1.54) is 13.2 Å². The Hall–Kier alpha value is -0.800. The Morgan fingerprint density at radius 3 is 2.73 bits per heavy atom. The molecule has 0 saturated heterocycles. The first-order valence-corrected chi connectivity index (χ1v) is 5.23. The topological polar surface area (TPSA) is 29.5 Å². The molecule has 1 N–H and O–H groups in total. The lowest BCUT2D eigenvalue weighted by Gasteiger charge is -2.14. The van der Waals surface area contributed by atoms with Gasteiger partial charge < -0.3 is 9.84 Å². The third kappa shape index (κ3) is 1.94. The van der Waals surface area contributed by atoms with E-state index in [1.807, 2.05) is 0 Å². The second-order valence-electron chi connectivity index (χ2n) is 3.76. The lowest BCUT2D eigenvalue weighted by Crippen LogP contribution is -2.05. The molecule has 0 radical (unpaired) electrons. The van der Waals surface area contributed by atoms with Gasteiger partial charge in [0, 0.05) is 10.6 Å². The number of methoxy groups -OCH3 is 1. The molecule has 1 aliphatic carbocycles. The summed E-state index contributed by atoms with van der Waals surface area (Å²) in [4.78, 5) is 0. The second kappa shape index (κ2) is 3.99. The summed E-state index contributed by atoms with van der Waals surface area (Å²) in [5.41, 5.74) is 0.165. The van der Waals surface area contributed by atoms with Gasteiger partial charge in [-0.05, 0) is 30.9 Å². The maximum atomic E-state index is 13.8. The van der Waals surface area contributed by atoms with Gasteiger partial charge in [0.15, 0.2) is 11.6 Å². The lowest BCUT2D eigenvalue weighted by molar-refractivity contribution is 0.148. The lowest BCUT2D eigenvalue weighted by atomic mass is 10.0. The van der Waals surface area contributed by atoms with Crippen molar-refractivity contribution in [3.63, 3.8) is 0 Å². The molecule has 0 bridgehead atoms. The van der Waals surface area contributed by atoms with Crippen LogP contribution >= 0.6 is 11.6 Å². The van der Waals surface area contributed by atoms with Gasteiger partial charge in [0.25, 0.3) is 0 Å². The van der Waals surface area contributed by atoms with Crippen LogP contribution in [0.15, 0.2) is 12.1 Å². The van der Waals surface area contributed by atoms with Crippen LogP contribution in [0, 0.1) is 11.7 Å². The molecule has 0 aromatic heterocycles. The number of aliphatic hydroxyl groups excluding tert-OH is 1. The second-order valence-corrected chi connectivity index (χ2v) is 4.17. The van der Waals surface area contributed by atoms with E-state index >= 15 is 0 Å². The van der Waals surface area contributed by atoms with Crippen molar-refractivity contribution < 1.29 is 14.2 Å². The van der Waals surface area contributed by atoms with E-state index in [0.717, 1.165) is 12.8 Å².